The predicted octanol–water partition coefficient (Wildman–Crippen LogP) is 2.57. The maximum absolute atomic E-state index is 10.7. The molecule has 0 aromatic heterocycles. The lowest BCUT2D eigenvalue weighted by atomic mass is 10.3. The van der Waals surface area contributed by atoms with Gasteiger partial charge in [0.25, 0.3) is 5.18 Å². The topological polar surface area (TPSA) is 38.3 Å². The first-order valence-electron chi connectivity index (χ1n) is 4.21. The Hall–Kier alpha value is -1.22. The van der Waals surface area contributed by atoms with Crippen LogP contribution in [0.25, 0.3) is 0 Å². The summed E-state index contributed by atoms with van der Waals surface area (Å²) in [5.41, 5.74) is 0.797. The molecule has 1 aromatic carbocycles. The van der Waals surface area contributed by atoms with E-state index in [-0.39, 0.29) is 0 Å². The number of alkyl halides is 1. The van der Waals surface area contributed by atoms with Crippen molar-refractivity contribution >= 4 is 23.3 Å². The molecular formula is C10H12ClNO2. The van der Waals surface area contributed by atoms with Crippen LogP contribution in [0.5, 0.6) is 0 Å². The lowest BCUT2D eigenvalue weighted by molar-refractivity contribution is -0.146. The predicted molar refractivity (Wildman–Crippen MR) is 56.1 cm³/mol. The first-order chi connectivity index (χ1) is 6.49. The SMILES string of the molecule is CC(=O)OC(C)(Cl)Nc1ccccc1. The van der Waals surface area contributed by atoms with Gasteiger partial charge in [0.15, 0.2) is 0 Å². The molecule has 1 N–H and O–H groups in total. The first kappa shape index (κ1) is 10.9. The minimum atomic E-state index is -1.20. The lowest BCUT2D eigenvalue weighted by Crippen LogP contribution is -2.33. The van der Waals surface area contributed by atoms with Gasteiger partial charge < -0.3 is 10.1 Å². The Morgan fingerprint density at radius 1 is 1.43 bits per heavy atom. The molecule has 0 aliphatic heterocycles. The summed E-state index contributed by atoms with van der Waals surface area (Å²) in [7, 11) is 0. The average Bonchev–Trinajstić information content (AvgIpc) is 2.02. The number of halogens is 1. The Morgan fingerprint density at radius 3 is 2.50 bits per heavy atom. The molecule has 3 nitrogen and oxygen atoms in total. The van der Waals surface area contributed by atoms with E-state index in [4.69, 9.17) is 16.3 Å². The highest BCUT2D eigenvalue weighted by atomic mass is 35.5. The van der Waals surface area contributed by atoms with Gasteiger partial charge in [0, 0.05) is 19.5 Å². The molecule has 1 aromatic rings. The third kappa shape index (κ3) is 3.66. The molecule has 0 amide bonds. The highest BCUT2D eigenvalue weighted by Gasteiger charge is 2.23. The minimum Gasteiger partial charge on any atom is -0.425 e. The normalized spacial score (nSPS) is 14.2. The molecule has 1 rings (SSSR count). The fraction of sp³-hybridized carbons (Fsp3) is 0.300. The Kier molecular flexibility index (Phi) is 3.36. The van der Waals surface area contributed by atoms with Gasteiger partial charge in [0.2, 0.25) is 0 Å². The van der Waals surface area contributed by atoms with Crippen LogP contribution in [0.3, 0.4) is 0 Å². The number of esters is 1. The molecular weight excluding hydrogens is 202 g/mol. The molecule has 0 saturated heterocycles. The maximum Gasteiger partial charge on any atom is 0.305 e. The van der Waals surface area contributed by atoms with Crippen molar-refractivity contribution in [2.24, 2.45) is 0 Å². The smallest absolute Gasteiger partial charge is 0.305 e. The number of anilines is 1. The van der Waals surface area contributed by atoms with Crippen molar-refractivity contribution in [3.05, 3.63) is 30.3 Å². The quantitative estimate of drug-likeness (QED) is 0.363. The molecule has 0 radical (unpaired) electrons. The minimum absolute atomic E-state index is 0.425. The number of nitrogens with one attached hydrogen (secondary N) is 1. The molecule has 0 aliphatic rings. The highest BCUT2D eigenvalue weighted by molar-refractivity contribution is 6.24. The number of benzene rings is 1. The van der Waals surface area contributed by atoms with E-state index >= 15 is 0 Å². The number of hydrogen-bond donors (Lipinski definition) is 1. The second-order valence-corrected chi connectivity index (χ2v) is 3.72. The van der Waals surface area contributed by atoms with Gasteiger partial charge in [-0.2, -0.15) is 0 Å². The maximum atomic E-state index is 10.7. The number of carbonyl (C=O) groups is 1. The van der Waals surface area contributed by atoms with Crippen LogP contribution in [0.2, 0.25) is 0 Å². The van der Waals surface area contributed by atoms with Crippen LogP contribution in [0, 0.1) is 0 Å². The molecule has 0 saturated carbocycles. The van der Waals surface area contributed by atoms with Gasteiger partial charge in [-0.1, -0.05) is 29.8 Å². The first-order valence-corrected chi connectivity index (χ1v) is 4.59. The molecule has 1 atom stereocenters. The number of ether oxygens (including phenoxy) is 1. The van der Waals surface area contributed by atoms with E-state index in [9.17, 15) is 4.79 Å². The number of hydrogen-bond acceptors (Lipinski definition) is 3. The van der Waals surface area contributed by atoms with E-state index in [0.29, 0.717) is 0 Å². The molecule has 14 heavy (non-hydrogen) atoms. The third-order valence-corrected chi connectivity index (χ3v) is 1.65. The summed E-state index contributed by atoms with van der Waals surface area (Å²) in [5, 5.41) is 1.67. The largest absolute Gasteiger partial charge is 0.425 e. The Bertz CT molecular complexity index is 311. The number of para-hydroxylation sites is 1. The van der Waals surface area contributed by atoms with Crippen molar-refractivity contribution in [1.82, 2.24) is 0 Å². The van der Waals surface area contributed by atoms with E-state index < -0.39 is 11.2 Å². The van der Waals surface area contributed by atoms with Crippen molar-refractivity contribution in [2.75, 3.05) is 5.32 Å². The van der Waals surface area contributed by atoms with E-state index in [2.05, 4.69) is 5.32 Å². The zero-order valence-corrected chi connectivity index (χ0v) is 8.84. The third-order valence-electron chi connectivity index (χ3n) is 1.48. The second-order valence-electron chi connectivity index (χ2n) is 3.00. The lowest BCUT2D eigenvalue weighted by Gasteiger charge is -2.23. The fourth-order valence-electron chi connectivity index (χ4n) is 1.07. The molecule has 0 heterocycles. The van der Waals surface area contributed by atoms with Crippen molar-refractivity contribution in [2.45, 2.75) is 19.0 Å². The van der Waals surface area contributed by atoms with Gasteiger partial charge in [-0.05, 0) is 12.1 Å². The van der Waals surface area contributed by atoms with Crippen LogP contribution in [-0.4, -0.2) is 11.2 Å². The zero-order chi connectivity index (χ0) is 10.6. The molecule has 0 aliphatic carbocycles. The van der Waals surface area contributed by atoms with Crippen LogP contribution in [0.1, 0.15) is 13.8 Å². The molecule has 76 valence electrons. The van der Waals surface area contributed by atoms with Crippen LogP contribution >= 0.6 is 11.6 Å². The Morgan fingerprint density at radius 2 is 2.00 bits per heavy atom. The van der Waals surface area contributed by atoms with Gasteiger partial charge in [-0.15, -0.1) is 0 Å². The molecule has 1 unspecified atom stereocenters. The molecule has 4 heteroatoms. The number of carbonyl (C=O) groups excluding carboxylic acids is 1. The number of rotatable bonds is 3. The van der Waals surface area contributed by atoms with Gasteiger partial charge >= 0.3 is 5.97 Å². The summed E-state index contributed by atoms with van der Waals surface area (Å²) in [4.78, 5) is 10.7. The molecule has 0 fully saturated rings. The van der Waals surface area contributed by atoms with Crippen LogP contribution in [-0.2, 0) is 9.53 Å². The Labute approximate surface area is 88.0 Å². The zero-order valence-electron chi connectivity index (χ0n) is 8.08. The van der Waals surface area contributed by atoms with Gasteiger partial charge in [0.05, 0.1) is 0 Å². The standard InChI is InChI=1S/C10H12ClNO2/c1-8(13)14-10(2,11)12-9-6-4-3-5-7-9/h3-7,12H,1-2H3. The van der Waals surface area contributed by atoms with Gasteiger partial charge in [-0.3, -0.25) is 4.79 Å². The van der Waals surface area contributed by atoms with E-state index in [1.54, 1.807) is 6.92 Å². The van der Waals surface area contributed by atoms with Gasteiger partial charge in [-0.25, -0.2) is 0 Å². The van der Waals surface area contributed by atoms with Crippen LogP contribution < -0.4 is 5.32 Å². The van der Waals surface area contributed by atoms with Crippen molar-refractivity contribution in [1.29, 1.82) is 0 Å². The summed E-state index contributed by atoms with van der Waals surface area (Å²) in [5.74, 6) is -0.425. The van der Waals surface area contributed by atoms with E-state index in [1.165, 1.54) is 6.92 Å². The Balaban J connectivity index is 2.63. The molecule has 0 spiro atoms. The van der Waals surface area contributed by atoms with Gasteiger partial charge in [0.1, 0.15) is 0 Å². The summed E-state index contributed by atoms with van der Waals surface area (Å²) in [6, 6.07) is 9.29. The second kappa shape index (κ2) is 4.33. The summed E-state index contributed by atoms with van der Waals surface area (Å²) < 4.78 is 4.86. The highest BCUT2D eigenvalue weighted by Crippen LogP contribution is 2.20. The molecule has 0 bridgehead atoms. The fourth-order valence-corrected chi connectivity index (χ4v) is 1.29. The van der Waals surface area contributed by atoms with Crippen molar-refractivity contribution < 1.29 is 9.53 Å². The monoisotopic (exact) mass is 213 g/mol. The average molecular weight is 214 g/mol. The van der Waals surface area contributed by atoms with Crippen LogP contribution in [0.4, 0.5) is 5.69 Å². The summed E-state index contributed by atoms with van der Waals surface area (Å²) >= 11 is 5.91. The van der Waals surface area contributed by atoms with E-state index in [1.807, 2.05) is 30.3 Å². The van der Waals surface area contributed by atoms with E-state index in [0.717, 1.165) is 5.69 Å². The van der Waals surface area contributed by atoms with Crippen LogP contribution in [0.15, 0.2) is 30.3 Å². The summed E-state index contributed by atoms with van der Waals surface area (Å²) in [6.07, 6.45) is 0. The van der Waals surface area contributed by atoms with Crippen molar-refractivity contribution in [3.8, 4) is 0 Å². The van der Waals surface area contributed by atoms with Crippen molar-refractivity contribution in [3.63, 3.8) is 0 Å². The summed E-state index contributed by atoms with van der Waals surface area (Å²) in [6.45, 7) is 2.89.